The quantitative estimate of drug-likeness (QED) is 0.254. The molecule has 0 fully saturated rings. The van der Waals surface area contributed by atoms with Gasteiger partial charge in [0.25, 0.3) is 0 Å². The zero-order chi connectivity index (χ0) is 26.0. The van der Waals surface area contributed by atoms with Gasteiger partial charge in [-0.2, -0.15) is 0 Å². The van der Waals surface area contributed by atoms with Gasteiger partial charge in [-0.1, -0.05) is 115 Å². The molecule has 1 spiro atoms. The fourth-order valence-corrected chi connectivity index (χ4v) is 6.85. The van der Waals surface area contributed by atoms with Crippen molar-refractivity contribution in [1.29, 1.82) is 0 Å². The standard InChI is InChI=1S/C37H24FN/c38-34-23-25(21-22-26(34)24-11-2-1-3-12-24)39-35-20-10-19-33-36(35)29-15-6-9-18-32(29)37(33)30-16-7-4-13-27(30)28-14-5-8-17-31(28)37/h1-23,39H. The number of hydrogen-bond donors (Lipinski definition) is 1. The SMILES string of the molecule is Fc1cc(Nc2cccc3c2-c2ccccc2C32c3ccccc3-c3ccccc32)ccc1-c1ccccc1. The third kappa shape index (κ3) is 3.00. The lowest BCUT2D eigenvalue weighted by atomic mass is 9.70. The van der Waals surface area contributed by atoms with Crippen LogP contribution >= 0.6 is 0 Å². The summed E-state index contributed by atoms with van der Waals surface area (Å²) in [6.07, 6.45) is 0. The minimum Gasteiger partial charge on any atom is -0.355 e. The number of hydrogen-bond acceptors (Lipinski definition) is 1. The number of rotatable bonds is 3. The molecule has 2 heteroatoms. The second-order valence-corrected chi connectivity index (χ2v) is 10.3. The molecule has 184 valence electrons. The summed E-state index contributed by atoms with van der Waals surface area (Å²) in [7, 11) is 0. The molecule has 2 aliphatic rings. The molecule has 1 nitrogen and oxygen atoms in total. The number of halogens is 1. The largest absolute Gasteiger partial charge is 0.355 e. The van der Waals surface area contributed by atoms with Crippen LogP contribution in [0.1, 0.15) is 22.3 Å². The molecule has 6 aromatic rings. The summed E-state index contributed by atoms with van der Waals surface area (Å²) >= 11 is 0. The first-order chi connectivity index (χ1) is 19.3. The van der Waals surface area contributed by atoms with Crippen LogP contribution in [-0.2, 0) is 5.41 Å². The molecule has 1 N–H and O–H groups in total. The van der Waals surface area contributed by atoms with Crippen molar-refractivity contribution in [3.05, 3.63) is 168 Å². The molecule has 0 radical (unpaired) electrons. The zero-order valence-electron chi connectivity index (χ0n) is 21.2. The summed E-state index contributed by atoms with van der Waals surface area (Å²) in [4.78, 5) is 0. The molecule has 39 heavy (non-hydrogen) atoms. The van der Waals surface area contributed by atoms with E-state index >= 15 is 4.39 Å². The van der Waals surface area contributed by atoms with Gasteiger partial charge >= 0.3 is 0 Å². The van der Waals surface area contributed by atoms with E-state index in [1.807, 2.05) is 42.5 Å². The highest BCUT2D eigenvalue weighted by molar-refractivity contribution is 5.99. The van der Waals surface area contributed by atoms with Crippen LogP contribution < -0.4 is 5.32 Å². The summed E-state index contributed by atoms with van der Waals surface area (Å²) in [6, 6.07) is 47.9. The molecule has 0 heterocycles. The molecule has 0 amide bonds. The molecule has 0 unspecified atom stereocenters. The van der Waals surface area contributed by atoms with Crippen LogP contribution in [0, 0.1) is 5.82 Å². The van der Waals surface area contributed by atoms with E-state index in [0.29, 0.717) is 5.56 Å². The summed E-state index contributed by atoms with van der Waals surface area (Å²) in [5, 5.41) is 3.58. The molecule has 6 aromatic carbocycles. The van der Waals surface area contributed by atoms with Crippen LogP contribution in [0.5, 0.6) is 0 Å². The first kappa shape index (κ1) is 22.1. The van der Waals surface area contributed by atoms with Crippen molar-refractivity contribution in [2.75, 3.05) is 5.32 Å². The van der Waals surface area contributed by atoms with Gasteiger partial charge in [0.2, 0.25) is 0 Å². The van der Waals surface area contributed by atoms with Crippen LogP contribution in [0.15, 0.2) is 140 Å². The minimum absolute atomic E-state index is 0.241. The van der Waals surface area contributed by atoms with Crippen molar-refractivity contribution in [3.63, 3.8) is 0 Å². The summed E-state index contributed by atoms with van der Waals surface area (Å²) in [5.41, 5.74) is 12.9. The Morgan fingerprint density at radius 3 is 1.69 bits per heavy atom. The molecule has 0 aromatic heterocycles. The minimum atomic E-state index is -0.390. The second-order valence-electron chi connectivity index (χ2n) is 10.3. The highest BCUT2D eigenvalue weighted by Crippen LogP contribution is 2.63. The van der Waals surface area contributed by atoms with Gasteiger partial charge in [-0.3, -0.25) is 0 Å². The Hall–Kier alpha value is -4.95. The van der Waals surface area contributed by atoms with E-state index in [1.165, 1.54) is 44.5 Å². The normalized spacial score (nSPS) is 13.5. The first-order valence-electron chi connectivity index (χ1n) is 13.3. The molecular weight excluding hydrogens is 477 g/mol. The topological polar surface area (TPSA) is 12.0 Å². The highest BCUT2D eigenvalue weighted by Gasteiger charge is 2.51. The maximum absolute atomic E-state index is 15.3. The van der Waals surface area contributed by atoms with Crippen molar-refractivity contribution in [2.24, 2.45) is 0 Å². The average molecular weight is 502 g/mol. The lowest BCUT2D eigenvalue weighted by Gasteiger charge is -2.30. The van der Waals surface area contributed by atoms with Gasteiger partial charge in [0.15, 0.2) is 0 Å². The van der Waals surface area contributed by atoms with Crippen LogP contribution in [0.4, 0.5) is 15.8 Å². The highest BCUT2D eigenvalue weighted by atomic mass is 19.1. The van der Waals surface area contributed by atoms with Crippen molar-refractivity contribution in [1.82, 2.24) is 0 Å². The van der Waals surface area contributed by atoms with Gasteiger partial charge in [-0.25, -0.2) is 4.39 Å². The van der Waals surface area contributed by atoms with E-state index in [0.717, 1.165) is 16.9 Å². The molecule has 0 bridgehead atoms. The van der Waals surface area contributed by atoms with Gasteiger partial charge in [0.05, 0.1) is 5.41 Å². The summed E-state index contributed by atoms with van der Waals surface area (Å²) in [6.45, 7) is 0. The fourth-order valence-electron chi connectivity index (χ4n) is 6.85. The van der Waals surface area contributed by atoms with E-state index < -0.39 is 0 Å². The third-order valence-corrected chi connectivity index (χ3v) is 8.35. The monoisotopic (exact) mass is 501 g/mol. The lowest BCUT2D eigenvalue weighted by molar-refractivity contribution is 0.632. The molecule has 0 saturated carbocycles. The number of anilines is 2. The molecule has 0 atom stereocenters. The van der Waals surface area contributed by atoms with E-state index in [2.05, 4.69) is 96.3 Å². The number of fused-ring (bicyclic) bond motifs is 10. The van der Waals surface area contributed by atoms with Crippen molar-refractivity contribution < 1.29 is 4.39 Å². The Morgan fingerprint density at radius 1 is 0.462 bits per heavy atom. The predicted octanol–water partition coefficient (Wildman–Crippen LogP) is 9.58. The summed E-state index contributed by atoms with van der Waals surface area (Å²) in [5.74, 6) is -0.241. The van der Waals surface area contributed by atoms with Crippen LogP contribution in [0.25, 0.3) is 33.4 Å². The van der Waals surface area contributed by atoms with Gasteiger partial charge < -0.3 is 5.32 Å². The summed E-state index contributed by atoms with van der Waals surface area (Å²) < 4.78 is 15.3. The van der Waals surface area contributed by atoms with Crippen molar-refractivity contribution in [3.8, 4) is 33.4 Å². The third-order valence-electron chi connectivity index (χ3n) is 8.35. The van der Waals surface area contributed by atoms with Gasteiger partial charge in [0, 0.05) is 22.5 Å². The maximum Gasteiger partial charge on any atom is 0.133 e. The van der Waals surface area contributed by atoms with Crippen LogP contribution in [-0.4, -0.2) is 0 Å². The molecule has 2 aliphatic carbocycles. The average Bonchev–Trinajstić information content (AvgIpc) is 3.46. The second kappa shape index (κ2) is 8.28. The van der Waals surface area contributed by atoms with E-state index in [1.54, 1.807) is 6.07 Å². The first-order valence-corrected chi connectivity index (χ1v) is 13.3. The Balaban J connectivity index is 1.33. The lowest BCUT2D eigenvalue weighted by Crippen LogP contribution is -2.25. The molecule has 8 rings (SSSR count). The maximum atomic E-state index is 15.3. The molecule has 0 aliphatic heterocycles. The smallest absolute Gasteiger partial charge is 0.133 e. The van der Waals surface area contributed by atoms with Crippen LogP contribution in [0.3, 0.4) is 0 Å². The zero-order valence-corrected chi connectivity index (χ0v) is 21.2. The van der Waals surface area contributed by atoms with E-state index in [4.69, 9.17) is 0 Å². The predicted molar refractivity (Wildman–Crippen MR) is 158 cm³/mol. The van der Waals surface area contributed by atoms with E-state index in [9.17, 15) is 0 Å². The van der Waals surface area contributed by atoms with Crippen molar-refractivity contribution >= 4 is 11.4 Å². The number of benzene rings is 6. The fraction of sp³-hybridized carbons (Fsp3) is 0.0270. The van der Waals surface area contributed by atoms with Crippen molar-refractivity contribution in [2.45, 2.75) is 5.41 Å². The Morgan fingerprint density at radius 2 is 1.03 bits per heavy atom. The van der Waals surface area contributed by atoms with Gasteiger partial charge in [-0.05, 0) is 68.8 Å². The Labute approximate surface area is 227 Å². The molecule has 0 saturated heterocycles. The van der Waals surface area contributed by atoms with Gasteiger partial charge in [-0.15, -0.1) is 0 Å². The van der Waals surface area contributed by atoms with Gasteiger partial charge in [0.1, 0.15) is 5.82 Å². The Kier molecular flexibility index (Phi) is 4.68. The van der Waals surface area contributed by atoms with E-state index in [-0.39, 0.29) is 11.2 Å². The van der Waals surface area contributed by atoms with Crippen LogP contribution in [0.2, 0.25) is 0 Å². The molecular formula is C37H24FN. The number of nitrogens with one attached hydrogen (secondary N) is 1. The Bertz CT molecular complexity index is 1860.